The van der Waals surface area contributed by atoms with E-state index in [4.69, 9.17) is 4.74 Å². The maximum atomic E-state index is 13.8. The monoisotopic (exact) mass is 437 g/mol. The Labute approximate surface area is 156 Å². The van der Waals surface area contributed by atoms with Gasteiger partial charge in [-0.05, 0) is 30.5 Å². The number of rotatable bonds is 7. The van der Waals surface area contributed by atoms with Crippen LogP contribution in [-0.4, -0.2) is 26.7 Å². The number of benzene rings is 1. The topological polar surface area (TPSA) is 45.7 Å². The second kappa shape index (κ2) is 11.5. The van der Waals surface area contributed by atoms with Gasteiger partial charge in [-0.2, -0.15) is 0 Å². The maximum absolute atomic E-state index is 13.8. The van der Waals surface area contributed by atoms with Gasteiger partial charge in [0.2, 0.25) is 0 Å². The molecular formula is C17H29FIN3O. The van der Waals surface area contributed by atoms with Crippen molar-refractivity contribution in [3.63, 3.8) is 0 Å². The van der Waals surface area contributed by atoms with Crippen molar-refractivity contribution < 1.29 is 9.13 Å². The number of methoxy groups -OCH3 is 1. The van der Waals surface area contributed by atoms with Gasteiger partial charge in [-0.25, -0.2) is 4.39 Å². The van der Waals surface area contributed by atoms with Crippen molar-refractivity contribution in [1.82, 2.24) is 10.6 Å². The molecule has 2 N–H and O–H groups in total. The maximum Gasteiger partial charge on any atom is 0.191 e. The molecule has 1 atom stereocenters. The van der Waals surface area contributed by atoms with Crippen LogP contribution < -0.4 is 15.4 Å². The van der Waals surface area contributed by atoms with Crippen molar-refractivity contribution in [2.24, 2.45) is 10.9 Å². The molecule has 0 aliphatic heterocycles. The fraction of sp³-hybridized carbons (Fsp3) is 0.588. The van der Waals surface area contributed by atoms with Gasteiger partial charge < -0.3 is 15.4 Å². The van der Waals surface area contributed by atoms with E-state index in [0.29, 0.717) is 5.92 Å². The van der Waals surface area contributed by atoms with Crippen LogP contribution in [0.15, 0.2) is 23.2 Å². The molecule has 1 unspecified atom stereocenters. The molecule has 0 radical (unpaired) electrons. The molecule has 1 rings (SSSR count). The molecule has 23 heavy (non-hydrogen) atoms. The van der Waals surface area contributed by atoms with Crippen LogP contribution >= 0.6 is 24.0 Å². The Bertz CT molecular complexity index is 493. The summed E-state index contributed by atoms with van der Waals surface area (Å²) in [6.45, 7) is 7.24. The molecule has 0 aromatic heterocycles. The number of guanidine groups is 1. The second-order valence-corrected chi connectivity index (χ2v) is 5.40. The highest BCUT2D eigenvalue weighted by molar-refractivity contribution is 14.0. The van der Waals surface area contributed by atoms with Crippen molar-refractivity contribution >= 4 is 29.9 Å². The quantitative estimate of drug-likeness (QED) is 0.384. The summed E-state index contributed by atoms with van der Waals surface area (Å²) in [5.74, 6) is 1.27. The van der Waals surface area contributed by atoms with Gasteiger partial charge in [-0.15, -0.1) is 24.0 Å². The molecule has 6 heteroatoms. The van der Waals surface area contributed by atoms with Gasteiger partial charge in [0.15, 0.2) is 17.5 Å². The average Bonchev–Trinajstić information content (AvgIpc) is 2.54. The minimum absolute atomic E-state index is 0. The van der Waals surface area contributed by atoms with Gasteiger partial charge in [0.1, 0.15) is 0 Å². The molecule has 0 fully saturated rings. The van der Waals surface area contributed by atoms with Crippen LogP contribution in [0.5, 0.6) is 5.75 Å². The number of ether oxygens (including phenoxy) is 1. The predicted octanol–water partition coefficient (Wildman–Crippen LogP) is 4.11. The number of aliphatic imine (C=N–C) groups is 1. The molecule has 0 aliphatic carbocycles. The molecule has 1 aromatic carbocycles. The molecule has 0 spiro atoms. The lowest BCUT2D eigenvalue weighted by Gasteiger charge is -2.21. The smallest absolute Gasteiger partial charge is 0.191 e. The summed E-state index contributed by atoms with van der Waals surface area (Å²) in [6.07, 6.45) is 2.28. The largest absolute Gasteiger partial charge is 0.494 e. The fourth-order valence-corrected chi connectivity index (χ4v) is 2.25. The Morgan fingerprint density at radius 2 is 1.96 bits per heavy atom. The first-order valence-corrected chi connectivity index (χ1v) is 7.86. The third-order valence-electron chi connectivity index (χ3n) is 3.97. The molecule has 0 amide bonds. The summed E-state index contributed by atoms with van der Waals surface area (Å²) in [7, 11) is 3.20. The van der Waals surface area contributed by atoms with Crippen LogP contribution in [0.1, 0.15) is 45.2 Å². The van der Waals surface area contributed by atoms with E-state index in [-0.39, 0.29) is 41.6 Å². The van der Waals surface area contributed by atoms with E-state index in [9.17, 15) is 4.39 Å². The van der Waals surface area contributed by atoms with Crippen LogP contribution in [0.3, 0.4) is 0 Å². The van der Waals surface area contributed by atoms with Crippen molar-refractivity contribution in [3.05, 3.63) is 29.6 Å². The summed E-state index contributed by atoms with van der Waals surface area (Å²) in [6, 6.07) is 4.94. The van der Waals surface area contributed by atoms with Gasteiger partial charge in [0.05, 0.1) is 13.2 Å². The van der Waals surface area contributed by atoms with Crippen molar-refractivity contribution in [3.8, 4) is 5.75 Å². The van der Waals surface area contributed by atoms with Gasteiger partial charge in [-0.1, -0.05) is 32.8 Å². The second-order valence-electron chi connectivity index (χ2n) is 5.40. The fourth-order valence-electron chi connectivity index (χ4n) is 2.25. The van der Waals surface area contributed by atoms with Crippen LogP contribution in [-0.2, 0) is 0 Å². The van der Waals surface area contributed by atoms with E-state index in [1.165, 1.54) is 13.2 Å². The van der Waals surface area contributed by atoms with E-state index in [0.717, 1.165) is 30.9 Å². The number of nitrogens with zero attached hydrogens (tertiary/aromatic N) is 1. The number of halogens is 2. The third-order valence-corrected chi connectivity index (χ3v) is 3.97. The normalized spacial score (nSPS) is 12.6. The highest BCUT2D eigenvalue weighted by Crippen LogP contribution is 2.21. The zero-order valence-electron chi connectivity index (χ0n) is 14.6. The number of nitrogens with one attached hydrogen (secondary N) is 2. The molecule has 4 nitrogen and oxygen atoms in total. The first-order valence-electron chi connectivity index (χ1n) is 7.86. The average molecular weight is 437 g/mol. The summed E-state index contributed by atoms with van der Waals surface area (Å²) in [5.41, 5.74) is 0.851. The Hall–Kier alpha value is -1.05. The number of hydrogen-bond acceptors (Lipinski definition) is 2. The lowest BCUT2D eigenvalue weighted by atomic mass is 10.0. The first kappa shape index (κ1) is 21.9. The molecule has 0 heterocycles. The molecule has 132 valence electrons. The first-order chi connectivity index (χ1) is 10.5. The Balaban J connectivity index is 0.00000484. The van der Waals surface area contributed by atoms with E-state index >= 15 is 0 Å². The van der Waals surface area contributed by atoms with Crippen LogP contribution in [0, 0.1) is 11.7 Å². The van der Waals surface area contributed by atoms with E-state index in [1.807, 2.05) is 13.0 Å². The van der Waals surface area contributed by atoms with Gasteiger partial charge in [0, 0.05) is 13.6 Å². The Morgan fingerprint density at radius 3 is 2.43 bits per heavy atom. The van der Waals surface area contributed by atoms with E-state index in [2.05, 4.69) is 29.5 Å². The van der Waals surface area contributed by atoms with E-state index < -0.39 is 0 Å². The molecular weight excluding hydrogens is 408 g/mol. The standard InChI is InChI=1S/C17H28FN3O.HI/c1-6-13(7-2)11-20-17(19-4)21-12(3)14-8-9-16(22-5)15(18)10-14;/h8-10,12-13H,6-7,11H2,1-5H3,(H2,19,20,21);1H. The Morgan fingerprint density at radius 1 is 1.30 bits per heavy atom. The van der Waals surface area contributed by atoms with Crippen LogP contribution in [0.2, 0.25) is 0 Å². The van der Waals surface area contributed by atoms with E-state index in [1.54, 1.807) is 13.1 Å². The molecule has 1 aromatic rings. The van der Waals surface area contributed by atoms with Gasteiger partial charge in [0.25, 0.3) is 0 Å². The zero-order chi connectivity index (χ0) is 16.5. The Kier molecular flexibility index (Phi) is 11.0. The highest BCUT2D eigenvalue weighted by atomic mass is 127. The van der Waals surface area contributed by atoms with Gasteiger partial charge >= 0.3 is 0 Å². The lowest BCUT2D eigenvalue weighted by molar-refractivity contribution is 0.386. The predicted molar refractivity (Wildman–Crippen MR) is 105 cm³/mol. The summed E-state index contributed by atoms with van der Waals surface area (Å²) < 4.78 is 18.7. The third kappa shape index (κ3) is 6.93. The lowest BCUT2D eigenvalue weighted by Crippen LogP contribution is -2.40. The van der Waals surface area contributed by atoms with Crippen molar-refractivity contribution in [2.45, 2.75) is 39.7 Å². The van der Waals surface area contributed by atoms with Gasteiger partial charge in [-0.3, -0.25) is 4.99 Å². The molecule has 0 saturated carbocycles. The molecule has 0 saturated heterocycles. The zero-order valence-corrected chi connectivity index (χ0v) is 17.0. The summed E-state index contributed by atoms with van der Waals surface area (Å²) in [4.78, 5) is 4.23. The minimum Gasteiger partial charge on any atom is -0.494 e. The highest BCUT2D eigenvalue weighted by Gasteiger charge is 2.12. The SMILES string of the molecule is CCC(CC)CNC(=NC)NC(C)c1ccc(OC)c(F)c1.I. The van der Waals surface area contributed by atoms with Crippen LogP contribution in [0.4, 0.5) is 4.39 Å². The molecule has 0 aliphatic rings. The van der Waals surface area contributed by atoms with Crippen molar-refractivity contribution in [1.29, 1.82) is 0 Å². The summed E-state index contributed by atoms with van der Waals surface area (Å²) in [5, 5.41) is 6.61. The van der Waals surface area contributed by atoms with Crippen LogP contribution in [0.25, 0.3) is 0 Å². The van der Waals surface area contributed by atoms with Crippen molar-refractivity contribution in [2.75, 3.05) is 20.7 Å². The molecule has 0 bridgehead atoms. The summed E-state index contributed by atoms with van der Waals surface area (Å²) >= 11 is 0. The minimum atomic E-state index is -0.353. The number of hydrogen-bond donors (Lipinski definition) is 2.